The first-order valence-electron chi connectivity index (χ1n) is 16.8. The zero-order valence-electron chi connectivity index (χ0n) is 26.8. The van der Waals surface area contributed by atoms with E-state index in [2.05, 4.69) is 13.2 Å². The van der Waals surface area contributed by atoms with Gasteiger partial charge in [-0.3, -0.25) is 9.59 Å². The molecule has 0 spiro atoms. The minimum atomic E-state index is -0.521. The van der Waals surface area contributed by atoms with Crippen LogP contribution in [0.4, 0.5) is 0 Å². The van der Waals surface area contributed by atoms with Crippen LogP contribution in [0.1, 0.15) is 77.0 Å². The molecule has 4 atom stereocenters. The molecule has 2 saturated heterocycles. The van der Waals surface area contributed by atoms with Gasteiger partial charge in [0.15, 0.2) is 12.2 Å². The molecule has 12 nitrogen and oxygen atoms in total. The fourth-order valence-corrected chi connectivity index (χ4v) is 6.42. The summed E-state index contributed by atoms with van der Waals surface area (Å²) in [5, 5.41) is 0. The maximum Gasteiger partial charge on any atom is 0.330 e. The smallest absolute Gasteiger partial charge is 0.330 e. The summed E-state index contributed by atoms with van der Waals surface area (Å²) >= 11 is 0. The monoisotopic (exact) mass is 650 g/mol. The first-order valence-corrected chi connectivity index (χ1v) is 16.8. The van der Waals surface area contributed by atoms with Crippen LogP contribution in [0.25, 0.3) is 0 Å². The number of esters is 4. The van der Waals surface area contributed by atoms with Gasteiger partial charge in [-0.25, -0.2) is 9.59 Å². The molecule has 4 aliphatic rings. The van der Waals surface area contributed by atoms with Crippen molar-refractivity contribution in [3.05, 3.63) is 25.3 Å². The quantitative estimate of drug-likeness (QED) is 0.0922. The molecule has 0 N–H and O–H groups in total. The second kappa shape index (κ2) is 19.1. The van der Waals surface area contributed by atoms with Crippen LogP contribution < -0.4 is 0 Å². The molecule has 2 aliphatic heterocycles. The fraction of sp³-hybridized carbons (Fsp3) is 0.765. The van der Waals surface area contributed by atoms with Gasteiger partial charge in [0.1, 0.15) is 12.2 Å². The van der Waals surface area contributed by atoms with Crippen molar-refractivity contribution < 1.29 is 57.1 Å². The highest BCUT2D eigenvalue weighted by molar-refractivity contribution is 5.81. The lowest BCUT2D eigenvalue weighted by atomic mass is 9.87. The molecule has 12 heteroatoms. The Morgan fingerprint density at radius 3 is 1.30 bits per heavy atom. The Morgan fingerprint density at radius 1 is 0.565 bits per heavy atom. The number of fused-ring (bicyclic) bond motifs is 1. The van der Waals surface area contributed by atoms with E-state index in [1.54, 1.807) is 0 Å². The highest BCUT2D eigenvalue weighted by atomic mass is 16.7. The van der Waals surface area contributed by atoms with E-state index in [0.29, 0.717) is 52.1 Å². The molecule has 0 aromatic carbocycles. The maximum atomic E-state index is 13.0. The van der Waals surface area contributed by atoms with E-state index in [-0.39, 0.29) is 49.2 Å². The van der Waals surface area contributed by atoms with Crippen molar-refractivity contribution in [1.29, 1.82) is 0 Å². The van der Waals surface area contributed by atoms with Gasteiger partial charge in [0.05, 0.1) is 50.5 Å². The largest absolute Gasteiger partial charge is 0.463 e. The van der Waals surface area contributed by atoms with E-state index < -0.39 is 36.4 Å². The fourth-order valence-electron chi connectivity index (χ4n) is 6.42. The Morgan fingerprint density at radius 2 is 0.935 bits per heavy atom. The zero-order valence-corrected chi connectivity index (χ0v) is 26.8. The molecular formula is C34H50O12. The van der Waals surface area contributed by atoms with Gasteiger partial charge in [0.25, 0.3) is 0 Å². The van der Waals surface area contributed by atoms with Crippen LogP contribution >= 0.6 is 0 Å². The summed E-state index contributed by atoms with van der Waals surface area (Å²) in [4.78, 5) is 48.0. The molecule has 0 bridgehead atoms. The molecule has 0 radical (unpaired) electrons. The van der Waals surface area contributed by atoms with Crippen LogP contribution in [0.5, 0.6) is 0 Å². The highest BCUT2D eigenvalue weighted by Crippen LogP contribution is 2.35. The van der Waals surface area contributed by atoms with Gasteiger partial charge < -0.3 is 37.9 Å². The van der Waals surface area contributed by atoms with E-state index in [1.807, 2.05) is 0 Å². The average Bonchev–Trinajstić information content (AvgIpc) is 3.67. The lowest BCUT2D eigenvalue weighted by Crippen LogP contribution is -2.38. The Kier molecular flexibility index (Phi) is 15.0. The summed E-state index contributed by atoms with van der Waals surface area (Å²) in [5.41, 5.74) is 0. The summed E-state index contributed by atoms with van der Waals surface area (Å²) in [6.07, 6.45) is 9.58. The van der Waals surface area contributed by atoms with Crippen molar-refractivity contribution in [1.82, 2.24) is 0 Å². The number of carbonyl (C=O) groups is 4. The van der Waals surface area contributed by atoms with Gasteiger partial charge in [-0.1, -0.05) is 13.2 Å². The molecule has 2 aliphatic carbocycles. The number of hydrogen-bond acceptors (Lipinski definition) is 12. The first kappa shape index (κ1) is 36.0. The normalized spacial score (nSPS) is 30.5. The van der Waals surface area contributed by atoms with Crippen molar-refractivity contribution >= 4 is 23.9 Å². The molecule has 258 valence electrons. The Hall–Kier alpha value is -2.80. The summed E-state index contributed by atoms with van der Waals surface area (Å²) in [6, 6.07) is 0. The third kappa shape index (κ3) is 11.2. The van der Waals surface area contributed by atoms with Gasteiger partial charge >= 0.3 is 23.9 Å². The van der Waals surface area contributed by atoms with Gasteiger partial charge in [0.2, 0.25) is 0 Å². The van der Waals surface area contributed by atoms with Crippen LogP contribution in [0.2, 0.25) is 0 Å². The van der Waals surface area contributed by atoms with E-state index in [0.717, 1.165) is 63.5 Å². The molecule has 2 heterocycles. The third-order valence-corrected chi connectivity index (χ3v) is 9.12. The van der Waals surface area contributed by atoms with Crippen molar-refractivity contribution in [2.75, 3.05) is 39.6 Å². The molecule has 0 aromatic rings. The summed E-state index contributed by atoms with van der Waals surface area (Å²) in [5.74, 6) is -1.68. The average molecular weight is 651 g/mol. The molecule has 2 saturated carbocycles. The zero-order chi connectivity index (χ0) is 32.7. The predicted octanol–water partition coefficient (Wildman–Crippen LogP) is 3.78. The Bertz CT molecular complexity index is 934. The summed E-state index contributed by atoms with van der Waals surface area (Å²) in [6.45, 7) is 9.06. The van der Waals surface area contributed by atoms with Gasteiger partial charge in [0, 0.05) is 25.4 Å². The maximum absolute atomic E-state index is 13.0. The van der Waals surface area contributed by atoms with Crippen molar-refractivity contribution in [2.24, 2.45) is 11.8 Å². The Labute approximate surface area is 271 Å². The molecule has 46 heavy (non-hydrogen) atoms. The molecule has 4 fully saturated rings. The standard InChI is InChI=1S/C34H50O12/c1-3-29(35)41-19-7-5-17-39-25-13-9-23(10-14-25)33(37)45-27-21-43-32-28(22-44-31(27)32)46-34(38)24-11-15-26(16-12-24)40-18-6-8-20-42-30(36)4-2/h3-4,23-28,31-32H,1-2,5-22H2/t23?,24?,25?,26?,27-,28?,31+,32+/m1/s1. The van der Waals surface area contributed by atoms with Crippen molar-refractivity contribution in [3.63, 3.8) is 0 Å². The predicted molar refractivity (Wildman–Crippen MR) is 163 cm³/mol. The lowest BCUT2D eigenvalue weighted by Gasteiger charge is -2.28. The molecule has 4 rings (SSSR count). The number of rotatable bonds is 18. The van der Waals surface area contributed by atoms with E-state index >= 15 is 0 Å². The minimum absolute atomic E-state index is 0.113. The van der Waals surface area contributed by atoms with Crippen LogP contribution in [0.15, 0.2) is 25.3 Å². The van der Waals surface area contributed by atoms with Crippen LogP contribution in [0, 0.1) is 11.8 Å². The number of carbonyl (C=O) groups excluding carboxylic acids is 4. The van der Waals surface area contributed by atoms with Crippen LogP contribution in [0.3, 0.4) is 0 Å². The van der Waals surface area contributed by atoms with E-state index in [9.17, 15) is 19.2 Å². The number of ether oxygens (including phenoxy) is 8. The van der Waals surface area contributed by atoms with E-state index in [1.165, 1.54) is 0 Å². The summed E-state index contributed by atoms with van der Waals surface area (Å²) in [7, 11) is 0. The second-order valence-electron chi connectivity index (χ2n) is 12.4. The third-order valence-electron chi connectivity index (χ3n) is 9.12. The van der Waals surface area contributed by atoms with Crippen molar-refractivity contribution in [3.8, 4) is 0 Å². The molecular weight excluding hydrogens is 600 g/mol. The highest BCUT2D eigenvalue weighted by Gasteiger charge is 2.52. The van der Waals surface area contributed by atoms with Crippen LogP contribution in [-0.4, -0.2) is 100 Å². The van der Waals surface area contributed by atoms with Crippen molar-refractivity contribution in [2.45, 2.75) is 114 Å². The first-order chi connectivity index (χ1) is 22.4. The Balaban J connectivity index is 1.06. The van der Waals surface area contributed by atoms with Gasteiger partial charge in [-0.05, 0) is 77.0 Å². The molecule has 0 aromatic heterocycles. The second-order valence-corrected chi connectivity index (χ2v) is 12.4. The lowest BCUT2D eigenvalue weighted by molar-refractivity contribution is -0.162. The van der Waals surface area contributed by atoms with Gasteiger partial charge in [-0.2, -0.15) is 0 Å². The topological polar surface area (TPSA) is 142 Å². The minimum Gasteiger partial charge on any atom is -0.463 e. The SMILES string of the molecule is C=CC(=O)OCCCCOC1CCC(C(=O)OC2CO[C@H]3[C@H](OC(=O)C4CCC(OCCCCOC(=O)C=C)CC4)CO[C@@H]23)CC1. The van der Waals surface area contributed by atoms with Gasteiger partial charge in [-0.15, -0.1) is 0 Å². The molecule has 0 amide bonds. The summed E-state index contributed by atoms with van der Waals surface area (Å²) < 4.78 is 45.3. The number of hydrogen-bond donors (Lipinski definition) is 0. The van der Waals surface area contributed by atoms with Crippen LogP contribution in [-0.2, 0) is 57.1 Å². The molecule has 1 unspecified atom stereocenters. The number of unbranched alkanes of at least 4 members (excludes halogenated alkanes) is 2. The van der Waals surface area contributed by atoms with E-state index in [4.69, 9.17) is 37.9 Å².